The predicted molar refractivity (Wildman–Crippen MR) is 77.0 cm³/mol. The molecule has 1 amide bonds. The number of nitro groups is 1. The Labute approximate surface area is 121 Å². The normalized spacial score (nSPS) is 14.9. The van der Waals surface area contributed by atoms with Gasteiger partial charge in [-0.05, 0) is 12.8 Å². The first-order valence-electron chi connectivity index (χ1n) is 6.77. The summed E-state index contributed by atoms with van der Waals surface area (Å²) in [5.41, 5.74) is 5.07. The Morgan fingerprint density at radius 1 is 1.57 bits per heavy atom. The molecule has 0 unspecified atom stereocenters. The molecule has 0 saturated heterocycles. The maximum Gasteiger partial charge on any atom is 0.329 e. The van der Waals surface area contributed by atoms with Crippen molar-refractivity contribution in [3.8, 4) is 0 Å². The van der Waals surface area contributed by atoms with Gasteiger partial charge in [-0.2, -0.15) is 4.98 Å². The summed E-state index contributed by atoms with van der Waals surface area (Å²) >= 11 is 0. The number of amides is 1. The number of carbonyl (C=O) groups excluding carboxylic acids is 1. The number of hydrogen-bond donors (Lipinski definition) is 2. The Morgan fingerprint density at radius 3 is 2.76 bits per heavy atom. The van der Waals surface area contributed by atoms with Crippen molar-refractivity contribution in [2.75, 3.05) is 23.8 Å². The molecule has 3 N–H and O–H groups in total. The van der Waals surface area contributed by atoms with Crippen molar-refractivity contribution in [3.63, 3.8) is 0 Å². The smallest absolute Gasteiger partial charge is 0.329 e. The Bertz CT molecular complexity index is 544. The fourth-order valence-corrected chi connectivity index (χ4v) is 2.59. The highest BCUT2D eigenvalue weighted by molar-refractivity contribution is 5.80. The molecule has 1 aliphatic carbocycles. The van der Waals surface area contributed by atoms with Gasteiger partial charge in [0.2, 0.25) is 17.7 Å². The maximum absolute atomic E-state index is 11.3. The van der Waals surface area contributed by atoms with E-state index in [0.717, 1.165) is 31.9 Å². The lowest BCUT2D eigenvalue weighted by Gasteiger charge is -2.28. The van der Waals surface area contributed by atoms with Crippen LogP contribution in [0.1, 0.15) is 25.7 Å². The molecule has 9 heteroatoms. The first-order chi connectivity index (χ1) is 10.0. The zero-order chi connectivity index (χ0) is 15.4. The van der Waals surface area contributed by atoms with Gasteiger partial charge in [0.15, 0.2) is 0 Å². The first-order valence-corrected chi connectivity index (χ1v) is 6.77. The van der Waals surface area contributed by atoms with E-state index >= 15 is 0 Å². The number of hydrogen-bond acceptors (Lipinski definition) is 7. The zero-order valence-electron chi connectivity index (χ0n) is 11.8. The third kappa shape index (κ3) is 3.36. The molecule has 21 heavy (non-hydrogen) atoms. The molecule has 1 saturated carbocycles. The molecule has 0 atom stereocenters. The molecular weight excluding hydrogens is 276 g/mol. The summed E-state index contributed by atoms with van der Waals surface area (Å²) in [6, 6.07) is 0.0378. The number of aromatic nitrogens is 2. The van der Waals surface area contributed by atoms with E-state index in [0.29, 0.717) is 0 Å². The van der Waals surface area contributed by atoms with Crippen LogP contribution < -0.4 is 16.0 Å². The minimum atomic E-state index is -0.544. The van der Waals surface area contributed by atoms with Crippen LogP contribution in [-0.2, 0) is 4.79 Å². The van der Waals surface area contributed by atoms with Crippen molar-refractivity contribution in [1.82, 2.24) is 9.97 Å². The van der Waals surface area contributed by atoms with Crippen LogP contribution in [0.15, 0.2) is 6.20 Å². The number of anilines is 2. The molecule has 1 fully saturated rings. The van der Waals surface area contributed by atoms with Crippen molar-refractivity contribution < 1.29 is 9.72 Å². The molecule has 9 nitrogen and oxygen atoms in total. The third-order valence-corrected chi connectivity index (χ3v) is 3.53. The molecule has 1 aromatic heterocycles. The van der Waals surface area contributed by atoms with Crippen LogP contribution >= 0.6 is 0 Å². The number of nitrogens with one attached hydrogen (secondary N) is 1. The average Bonchev–Trinajstić information content (AvgIpc) is 2.97. The lowest BCUT2D eigenvalue weighted by Crippen LogP contribution is -2.41. The Morgan fingerprint density at radius 2 is 2.24 bits per heavy atom. The quantitative estimate of drug-likeness (QED) is 0.582. The van der Waals surface area contributed by atoms with Crippen molar-refractivity contribution >= 4 is 23.4 Å². The highest BCUT2D eigenvalue weighted by atomic mass is 16.6. The fourth-order valence-electron chi connectivity index (χ4n) is 2.59. The summed E-state index contributed by atoms with van der Waals surface area (Å²) in [7, 11) is 1.62. The second-order valence-corrected chi connectivity index (χ2v) is 4.94. The lowest BCUT2D eigenvalue weighted by molar-refractivity contribution is -0.384. The van der Waals surface area contributed by atoms with E-state index in [2.05, 4.69) is 15.3 Å². The van der Waals surface area contributed by atoms with Gasteiger partial charge in [-0.3, -0.25) is 14.9 Å². The maximum atomic E-state index is 11.3. The molecule has 0 radical (unpaired) electrons. The van der Waals surface area contributed by atoms with Gasteiger partial charge in [0.25, 0.3) is 0 Å². The summed E-state index contributed by atoms with van der Waals surface area (Å²) in [5.74, 6) is -0.131. The van der Waals surface area contributed by atoms with E-state index < -0.39 is 10.8 Å². The van der Waals surface area contributed by atoms with Gasteiger partial charge < -0.3 is 16.0 Å². The number of rotatable bonds is 6. The second-order valence-electron chi connectivity index (χ2n) is 4.94. The van der Waals surface area contributed by atoms with Crippen LogP contribution in [0.4, 0.5) is 17.5 Å². The van der Waals surface area contributed by atoms with Crippen molar-refractivity contribution in [1.29, 1.82) is 0 Å². The van der Waals surface area contributed by atoms with E-state index in [1.165, 1.54) is 0 Å². The third-order valence-electron chi connectivity index (χ3n) is 3.53. The molecule has 0 aliphatic heterocycles. The Hall–Kier alpha value is -2.45. The van der Waals surface area contributed by atoms with Crippen LogP contribution in [-0.4, -0.2) is 40.4 Å². The molecule has 114 valence electrons. The Kier molecular flexibility index (Phi) is 4.51. The summed E-state index contributed by atoms with van der Waals surface area (Å²) in [6.07, 6.45) is 4.93. The number of nitrogens with two attached hydrogens (primary N) is 1. The van der Waals surface area contributed by atoms with Gasteiger partial charge in [-0.25, -0.2) is 4.98 Å². The summed E-state index contributed by atoms with van der Waals surface area (Å²) in [6.45, 7) is -0.0916. The van der Waals surface area contributed by atoms with Crippen LogP contribution in [0.5, 0.6) is 0 Å². The van der Waals surface area contributed by atoms with E-state index in [1.807, 2.05) is 0 Å². The van der Waals surface area contributed by atoms with Gasteiger partial charge in [0.05, 0.1) is 11.5 Å². The highest BCUT2D eigenvalue weighted by Gasteiger charge is 2.31. The Balaban J connectivity index is 2.45. The fraction of sp³-hybridized carbons (Fsp3) is 0.583. The largest absolute Gasteiger partial charge is 0.368 e. The van der Waals surface area contributed by atoms with Gasteiger partial charge in [-0.15, -0.1) is 0 Å². The van der Waals surface area contributed by atoms with Gasteiger partial charge in [0.1, 0.15) is 6.20 Å². The SMILES string of the molecule is CNc1ncc([N+](=O)[O-])c(N(CC(N)=O)C2CCCC2)n1. The summed E-state index contributed by atoms with van der Waals surface area (Å²) in [5, 5.41) is 13.9. The minimum Gasteiger partial charge on any atom is -0.368 e. The molecular formula is C12H18N6O3. The monoisotopic (exact) mass is 294 g/mol. The van der Waals surface area contributed by atoms with E-state index in [4.69, 9.17) is 5.73 Å². The van der Waals surface area contributed by atoms with Crippen LogP contribution in [0.25, 0.3) is 0 Å². The lowest BCUT2D eigenvalue weighted by atomic mass is 10.2. The van der Waals surface area contributed by atoms with E-state index in [1.54, 1.807) is 11.9 Å². The van der Waals surface area contributed by atoms with E-state index in [9.17, 15) is 14.9 Å². The van der Waals surface area contributed by atoms with Gasteiger partial charge >= 0.3 is 5.69 Å². The molecule has 2 rings (SSSR count). The topological polar surface area (TPSA) is 127 Å². The number of nitrogens with zero attached hydrogens (tertiary/aromatic N) is 4. The molecule has 0 spiro atoms. The molecule has 1 aromatic rings. The summed E-state index contributed by atoms with van der Waals surface area (Å²) in [4.78, 5) is 31.6. The van der Waals surface area contributed by atoms with Crippen LogP contribution in [0.3, 0.4) is 0 Å². The standard InChI is InChI=1S/C12H18N6O3/c1-14-12-15-6-9(18(20)21)11(16-12)17(7-10(13)19)8-4-2-3-5-8/h6,8H,2-5,7H2,1H3,(H2,13,19)(H,14,15,16). The molecule has 0 bridgehead atoms. The van der Waals surface area contributed by atoms with Crippen molar-refractivity contribution in [2.24, 2.45) is 5.73 Å². The number of primary amides is 1. The minimum absolute atomic E-state index is 0.0378. The zero-order valence-corrected chi connectivity index (χ0v) is 11.8. The predicted octanol–water partition coefficient (Wildman–Crippen LogP) is 0.661. The first kappa shape index (κ1) is 14.9. The summed E-state index contributed by atoms with van der Waals surface area (Å²) < 4.78 is 0. The van der Waals surface area contributed by atoms with Gasteiger partial charge in [0, 0.05) is 13.1 Å². The van der Waals surface area contributed by atoms with Crippen LogP contribution in [0.2, 0.25) is 0 Å². The van der Waals surface area contributed by atoms with Gasteiger partial charge in [-0.1, -0.05) is 12.8 Å². The molecule has 1 aliphatic rings. The average molecular weight is 294 g/mol. The second kappa shape index (κ2) is 6.33. The van der Waals surface area contributed by atoms with Crippen molar-refractivity contribution in [2.45, 2.75) is 31.7 Å². The highest BCUT2D eigenvalue weighted by Crippen LogP contribution is 2.32. The number of carbonyl (C=O) groups is 1. The molecule has 0 aromatic carbocycles. The molecule has 1 heterocycles. The van der Waals surface area contributed by atoms with E-state index in [-0.39, 0.29) is 30.0 Å². The van der Waals surface area contributed by atoms with Crippen molar-refractivity contribution in [3.05, 3.63) is 16.3 Å². The van der Waals surface area contributed by atoms with Crippen LogP contribution in [0, 0.1) is 10.1 Å².